The third-order valence-corrected chi connectivity index (χ3v) is 4.37. The maximum absolute atomic E-state index is 13.4. The summed E-state index contributed by atoms with van der Waals surface area (Å²) >= 11 is 2.99. The van der Waals surface area contributed by atoms with Crippen molar-refractivity contribution in [2.45, 2.75) is 19.3 Å². The molecule has 2 unspecified atom stereocenters. The second kappa shape index (κ2) is 6.38. The van der Waals surface area contributed by atoms with Gasteiger partial charge in [0.2, 0.25) is 0 Å². The number of halogens is 2. The minimum absolute atomic E-state index is 0.0778. The standard InChI is InChI=1S/C13H14BrFN2O4/c14-9-4-11(12(17(20)21)5-10(9)15)16-6-7-2-1-3-8(7)13(18)19/h4-5,7-8,16H,1-3,6H2,(H,18,19). The van der Waals surface area contributed by atoms with Crippen molar-refractivity contribution in [2.24, 2.45) is 11.8 Å². The van der Waals surface area contributed by atoms with Gasteiger partial charge >= 0.3 is 5.97 Å². The first-order chi connectivity index (χ1) is 9.90. The van der Waals surface area contributed by atoms with Crippen LogP contribution in [0.25, 0.3) is 0 Å². The number of anilines is 1. The lowest BCUT2D eigenvalue weighted by molar-refractivity contribution is -0.384. The molecule has 1 aliphatic rings. The fourth-order valence-corrected chi connectivity index (χ4v) is 3.02. The van der Waals surface area contributed by atoms with E-state index in [1.54, 1.807) is 0 Å². The molecule has 1 aromatic rings. The van der Waals surface area contributed by atoms with Crippen molar-refractivity contribution >= 4 is 33.3 Å². The van der Waals surface area contributed by atoms with Gasteiger partial charge < -0.3 is 10.4 Å². The summed E-state index contributed by atoms with van der Waals surface area (Å²) in [6.45, 7) is 0.315. The van der Waals surface area contributed by atoms with Crippen LogP contribution in [0.2, 0.25) is 0 Å². The van der Waals surface area contributed by atoms with Gasteiger partial charge in [-0.1, -0.05) is 6.42 Å². The molecule has 0 spiro atoms. The molecule has 21 heavy (non-hydrogen) atoms. The molecule has 1 fully saturated rings. The average Bonchev–Trinajstić information content (AvgIpc) is 2.88. The lowest BCUT2D eigenvalue weighted by Gasteiger charge is -2.17. The molecule has 2 N–H and O–H groups in total. The number of rotatable bonds is 5. The molecule has 0 radical (unpaired) electrons. The second-order valence-electron chi connectivity index (χ2n) is 5.06. The largest absolute Gasteiger partial charge is 0.481 e. The molecule has 6 nitrogen and oxygen atoms in total. The number of carboxylic acid groups (broad SMARTS) is 1. The Morgan fingerprint density at radius 2 is 2.24 bits per heavy atom. The van der Waals surface area contributed by atoms with Crippen LogP contribution in [0.5, 0.6) is 0 Å². The highest BCUT2D eigenvalue weighted by Crippen LogP contribution is 2.34. The number of nitro groups is 1. The highest BCUT2D eigenvalue weighted by molar-refractivity contribution is 9.10. The molecule has 0 amide bonds. The molecule has 1 aliphatic carbocycles. The van der Waals surface area contributed by atoms with Crippen LogP contribution in [0.3, 0.4) is 0 Å². The van der Waals surface area contributed by atoms with Crippen molar-refractivity contribution < 1.29 is 19.2 Å². The lowest BCUT2D eigenvalue weighted by atomic mass is 9.96. The number of nitrogens with one attached hydrogen (secondary N) is 1. The molecule has 1 saturated carbocycles. The molecule has 0 aromatic heterocycles. The summed E-state index contributed by atoms with van der Waals surface area (Å²) in [7, 11) is 0. The summed E-state index contributed by atoms with van der Waals surface area (Å²) in [5, 5.41) is 22.9. The van der Waals surface area contributed by atoms with E-state index in [1.165, 1.54) is 6.07 Å². The van der Waals surface area contributed by atoms with Gasteiger partial charge in [-0.2, -0.15) is 0 Å². The topological polar surface area (TPSA) is 92.5 Å². The van der Waals surface area contributed by atoms with Crippen LogP contribution in [-0.4, -0.2) is 22.5 Å². The molecule has 0 bridgehead atoms. The molecular weight excluding hydrogens is 347 g/mol. The zero-order valence-electron chi connectivity index (χ0n) is 11.0. The van der Waals surface area contributed by atoms with E-state index in [1.807, 2.05) is 0 Å². The summed E-state index contributed by atoms with van der Waals surface area (Å²) in [4.78, 5) is 21.4. The zero-order valence-corrected chi connectivity index (χ0v) is 12.6. The summed E-state index contributed by atoms with van der Waals surface area (Å²) in [6, 6.07) is 2.15. The third kappa shape index (κ3) is 3.49. The summed E-state index contributed by atoms with van der Waals surface area (Å²) < 4.78 is 13.5. The van der Waals surface area contributed by atoms with Gasteiger partial charge in [-0.25, -0.2) is 4.39 Å². The van der Waals surface area contributed by atoms with E-state index in [-0.39, 0.29) is 21.8 Å². The number of aliphatic carboxylic acids is 1. The van der Waals surface area contributed by atoms with Crippen molar-refractivity contribution in [3.63, 3.8) is 0 Å². The number of hydrogen-bond acceptors (Lipinski definition) is 4. The first kappa shape index (κ1) is 15.7. The molecule has 0 heterocycles. The molecular formula is C13H14BrFN2O4. The van der Waals surface area contributed by atoms with Crippen LogP contribution in [0.4, 0.5) is 15.8 Å². The maximum Gasteiger partial charge on any atom is 0.306 e. The summed E-state index contributed by atoms with van der Waals surface area (Å²) in [6.07, 6.45) is 2.22. The van der Waals surface area contributed by atoms with Gasteiger partial charge in [0.15, 0.2) is 0 Å². The molecule has 2 atom stereocenters. The van der Waals surface area contributed by atoms with Gasteiger partial charge in [0.1, 0.15) is 11.5 Å². The third-order valence-electron chi connectivity index (χ3n) is 3.77. The summed E-state index contributed by atoms with van der Waals surface area (Å²) in [5.41, 5.74) is -0.176. The van der Waals surface area contributed by atoms with Gasteiger partial charge in [-0.05, 0) is 40.8 Å². The molecule has 8 heteroatoms. The number of carbonyl (C=O) groups is 1. The molecule has 2 rings (SSSR count). The second-order valence-corrected chi connectivity index (χ2v) is 5.91. The first-order valence-electron chi connectivity index (χ1n) is 6.50. The highest BCUT2D eigenvalue weighted by atomic mass is 79.9. The van der Waals surface area contributed by atoms with Crippen LogP contribution < -0.4 is 5.32 Å². The van der Waals surface area contributed by atoms with E-state index in [4.69, 9.17) is 5.11 Å². The normalized spacial score (nSPS) is 21.2. The molecule has 0 aliphatic heterocycles. The SMILES string of the molecule is O=C(O)C1CCCC1CNc1cc(Br)c(F)cc1[N+](=O)[O-]. The van der Waals surface area contributed by atoms with E-state index < -0.39 is 22.6 Å². The smallest absolute Gasteiger partial charge is 0.306 e. The minimum Gasteiger partial charge on any atom is -0.481 e. The van der Waals surface area contributed by atoms with Crippen LogP contribution in [0.15, 0.2) is 16.6 Å². The zero-order chi connectivity index (χ0) is 15.6. The van der Waals surface area contributed by atoms with Crippen LogP contribution in [-0.2, 0) is 4.79 Å². The molecule has 114 valence electrons. The van der Waals surface area contributed by atoms with E-state index in [0.29, 0.717) is 13.0 Å². The summed E-state index contributed by atoms with van der Waals surface area (Å²) in [5.74, 6) is -2.06. The van der Waals surface area contributed by atoms with Gasteiger partial charge in [-0.15, -0.1) is 0 Å². The van der Waals surface area contributed by atoms with E-state index >= 15 is 0 Å². The van der Waals surface area contributed by atoms with Crippen LogP contribution in [0, 0.1) is 27.8 Å². The Bertz CT molecular complexity index is 582. The van der Waals surface area contributed by atoms with E-state index in [0.717, 1.165) is 18.9 Å². The van der Waals surface area contributed by atoms with Crippen LogP contribution in [0.1, 0.15) is 19.3 Å². The van der Waals surface area contributed by atoms with Crippen LogP contribution >= 0.6 is 15.9 Å². The highest BCUT2D eigenvalue weighted by Gasteiger charge is 2.33. The Hall–Kier alpha value is -1.70. The predicted octanol–water partition coefficient (Wildman–Crippen LogP) is 3.41. The Balaban J connectivity index is 2.14. The molecule has 0 saturated heterocycles. The van der Waals surface area contributed by atoms with Gasteiger partial charge in [0.25, 0.3) is 5.69 Å². The van der Waals surface area contributed by atoms with Crippen molar-refractivity contribution in [3.05, 3.63) is 32.5 Å². The average molecular weight is 361 g/mol. The lowest BCUT2D eigenvalue weighted by Crippen LogP contribution is -2.24. The Labute approximate surface area is 128 Å². The Kier molecular flexibility index (Phi) is 4.76. The van der Waals surface area contributed by atoms with Gasteiger partial charge in [-0.3, -0.25) is 14.9 Å². The monoisotopic (exact) mass is 360 g/mol. The quantitative estimate of drug-likeness (QED) is 0.619. The van der Waals surface area contributed by atoms with Crippen molar-refractivity contribution in [1.29, 1.82) is 0 Å². The molecule has 1 aromatic carbocycles. The Morgan fingerprint density at radius 1 is 1.52 bits per heavy atom. The number of benzene rings is 1. The van der Waals surface area contributed by atoms with Crippen molar-refractivity contribution in [3.8, 4) is 0 Å². The fraction of sp³-hybridized carbons (Fsp3) is 0.462. The van der Waals surface area contributed by atoms with Crippen molar-refractivity contribution in [2.75, 3.05) is 11.9 Å². The van der Waals surface area contributed by atoms with E-state index in [9.17, 15) is 19.3 Å². The maximum atomic E-state index is 13.4. The predicted molar refractivity (Wildman–Crippen MR) is 77.7 cm³/mol. The number of nitro benzene ring substituents is 1. The van der Waals surface area contributed by atoms with Gasteiger partial charge in [0, 0.05) is 6.54 Å². The number of carboxylic acids is 1. The first-order valence-corrected chi connectivity index (χ1v) is 7.29. The Morgan fingerprint density at radius 3 is 2.86 bits per heavy atom. The minimum atomic E-state index is -0.839. The number of nitrogens with zero attached hydrogens (tertiary/aromatic N) is 1. The van der Waals surface area contributed by atoms with Crippen molar-refractivity contribution in [1.82, 2.24) is 0 Å². The van der Waals surface area contributed by atoms with Gasteiger partial charge in [0.05, 0.1) is 21.4 Å². The van der Waals surface area contributed by atoms with E-state index in [2.05, 4.69) is 21.2 Å². The fourth-order valence-electron chi connectivity index (χ4n) is 2.68. The number of hydrogen-bond donors (Lipinski definition) is 2.